The van der Waals surface area contributed by atoms with Gasteiger partial charge in [0.15, 0.2) is 9.84 Å². The van der Waals surface area contributed by atoms with Crippen LogP contribution in [0.15, 0.2) is 0 Å². The molecule has 0 amide bonds. The molecule has 0 aliphatic carbocycles. The van der Waals surface area contributed by atoms with E-state index in [0.717, 1.165) is 6.42 Å². The predicted octanol–water partition coefficient (Wildman–Crippen LogP) is 0.724. The average molecular weight is 270 g/mol. The lowest BCUT2D eigenvalue weighted by atomic mass is 10.2. The van der Waals surface area contributed by atoms with Crippen molar-refractivity contribution in [2.45, 2.75) is 33.2 Å². The third kappa shape index (κ3) is 3.23. The SMILES string of the molecule is CCCc1nn(CCS(=O)(=O)CC)c(N)c1C#N. The molecule has 100 valence electrons. The van der Waals surface area contributed by atoms with Crippen molar-refractivity contribution in [1.82, 2.24) is 9.78 Å². The van der Waals surface area contributed by atoms with Crippen LogP contribution in [0.2, 0.25) is 0 Å². The zero-order valence-corrected chi connectivity index (χ0v) is 11.5. The Morgan fingerprint density at radius 1 is 1.44 bits per heavy atom. The summed E-state index contributed by atoms with van der Waals surface area (Å²) in [5.74, 6) is 0.347. The van der Waals surface area contributed by atoms with E-state index in [1.165, 1.54) is 4.68 Å². The van der Waals surface area contributed by atoms with Crippen molar-refractivity contribution in [3.8, 4) is 6.07 Å². The zero-order valence-electron chi connectivity index (χ0n) is 10.7. The van der Waals surface area contributed by atoms with E-state index in [9.17, 15) is 8.42 Å². The molecule has 6 nitrogen and oxygen atoms in total. The number of nitriles is 1. The molecular formula is C11H18N4O2S. The molecule has 1 aromatic rings. The van der Waals surface area contributed by atoms with Crippen LogP contribution >= 0.6 is 0 Å². The first kappa shape index (κ1) is 14.5. The number of anilines is 1. The van der Waals surface area contributed by atoms with Crippen molar-refractivity contribution in [2.24, 2.45) is 0 Å². The van der Waals surface area contributed by atoms with Crippen LogP contribution < -0.4 is 5.73 Å². The van der Waals surface area contributed by atoms with Crippen molar-refractivity contribution in [3.63, 3.8) is 0 Å². The molecule has 0 radical (unpaired) electrons. The van der Waals surface area contributed by atoms with Gasteiger partial charge in [0, 0.05) is 5.75 Å². The zero-order chi connectivity index (χ0) is 13.8. The normalized spacial score (nSPS) is 11.4. The van der Waals surface area contributed by atoms with Crippen molar-refractivity contribution < 1.29 is 8.42 Å². The molecule has 0 saturated carbocycles. The minimum Gasteiger partial charge on any atom is -0.383 e. The highest BCUT2D eigenvalue weighted by Crippen LogP contribution is 2.17. The van der Waals surface area contributed by atoms with Gasteiger partial charge in [-0.15, -0.1) is 0 Å². The van der Waals surface area contributed by atoms with Crippen LogP contribution in [0, 0.1) is 11.3 Å². The molecular weight excluding hydrogens is 252 g/mol. The molecule has 0 atom stereocenters. The van der Waals surface area contributed by atoms with Crippen molar-refractivity contribution >= 4 is 15.7 Å². The maximum atomic E-state index is 11.4. The van der Waals surface area contributed by atoms with E-state index in [0.29, 0.717) is 17.7 Å². The highest BCUT2D eigenvalue weighted by molar-refractivity contribution is 7.91. The first-order valence-electron chi connectivity index (χ1n) is 5.90. The number of nitrogens with two attached hydrogens (primary N) is 1. The van der Waals surface area contributed by atoms with Gasteiger partial charge in [-0.3, -0.25) is 0 Å². The summed E-state index contributed by atoms with van der Waals surface area (Å²) in [5.41, 5.74) is 6.81. The van der Waals surface area contributed by atoms with E-state index in [4.69, 9.17) is 11.0 Å². The van der Waals surface area contributed by atoms with Gasteiger partial charge in [0.05, 0.1) is 18.0 Å². The summed E-state index contributed by atoms with van der Waals surface area (Å²) in [7, 11) is -3.06. The Morgan fingerprint density at radius 2 is 2.11 bits per heavy atom. The van der Waals surface area contributed by atoms with Crippen LogP contribution in [-0.4, -0.2) is 29.7 Å². The van der Waals surface area contributed by atoms with Gasteiger partial charge < -0.3 is 5.73 Å². The summed E-state index contributed by atoms with van der Waals surface area (Å²) >= 11 is 0. The van der Waals surface area contributed by atoms with Crippen LogP contribution in [0.25, 0.3) is 0 Å². The smallest absolute Gasteiger partial charge is 0.151 e. The average Bonchev–Trinajstić information content (AvgIpc) is 2.63. The molecule has 1 aromatic heterocycles. The maximum absolute atomic E-state index is 11.4. The van der Waals surface area contributed by atoms with Crippen LogP contribution in [0.1, 0.15) is 31.5 Å². The Labute approximate surface area is 107 Å². The van der Waals surface area contributed by atoms with E-state index in [2.05, 4.69) is 5.10 Å². The summed E-state index contributed by atoms with van der Waals surface area (Å²) in [5, 5.41) is 13.2. The molecule has 1 heterocycles. The first-order valence-corrected chi connectivity index (χ1v) is 7.73. The molecule has 0 bridgehead atoms. The van der Waals surface area contributed by atoms with E-state index in [-0.39, 0.29) is 23.9 Å². The molecule has 0 aliphatic heterocycles. The molecule has 0 saturated heterocycles. The standard InChI is InChI=1S/C11H18N4O2S/c1-3-5-10-9(8-12)11(13)15(14-10)6-7-18(16,17)4-2/h3-7,13H2,1-2H3. The summed E-state index contributed by atoms with van der Waals surface area (Å²) in [4.78, 5) is 0. The van der Waals surface area contributed by atoms with E-state index >= 15 is 0 Å². The Bertz CT molecular complexity index is 554. The fraction of sp³-hybridized carbons (Fsp3) is 0.636. The van der Waals surface area contributed by atoms with Gasteiger partial charge >= 0.3 is 0 Å². The first-order chi connectivity index (χ1) is 8.45. The minimum absolute atomic E-state index is 0.00812. The number of nitrogen functional groups attached to an aromatic ring is 1. The molecule has 18 heavy (non-hydrogen) atoms. The molecule has 0 aliphatic rings. The topological polar surface area (TPSA) is 102 Å². The van der Waals surface area contributed by atoms with Crippen LogP contribution in [-0.2, 0) is 22.8 Å². The fourth-order valence-electron chi connectivity index (χ4n) is 1.60. The number of aromatic nitrogens is 2. The number of sulfone groups is 1. The Morgan fingerprint density at radius 3 is 2.61 bits per heavy atom. The Kier molecular flexibility index (Phi) is 4.73. The third-order valence-electron chi connectivity index (χ3n) is 2.72. The highest BCUT2D eigenvalue weighted by Gasteiger charge is 2.16. The van der Waals surface area contributed by atoms with Gasteiger partial charge in [-0.05, 0) is 6.42 Å². The highest BCUT2D eigenvalue weighted by atomic mass is 32.2. The van der Waals surface area contributed by atoms with Gasteiger partial charge in [0.25, 0.3) is 0 Å². The van der Waals surface area contributed by atoms with Gasteiger partial charge in [-0.2, -0.15) is 10.4 Å². The van der Waals surface area contributed by atoms with Gasteiger partial charge in [-0.1, -0.05) is 20.3 Å². The molecule has 2 N–H and O–H groups in total. The molecule has 7 heteroatoms. The third-order valence-corrected chi connectivity index (χ3v) is 4.40. The second kappa shape index (κ2) is 5.87. The molecule has 0 spiro atoms. The number of aryl methyl sites for hydroxylation is 2. The monoisotopic (exact) mass is 270 g/mol. The summed E-state index contributed by atoms with van der Waals surface area (Å²) in [6.45, 7) is 3.78. The van der Waals surface area contributed by atoms with Crippen molar-refractivity contribution in [2.75, 3.05) is 17.2 Å². The van der Waals surface area contributed by atoms with E-state index < -0.39 is 9.84 Å². The van der Waals surface area contributed by atoms with Crippen molar-refractivity contribution in [3.05, 3.63) is 11.3 Å². The van der Waals surface area contributed by atoms with Gasteiger partial charge in [-0.25, -0.2) is 13.1 Å². The Balaban J connectivity index is 2.95. The largest absolute Gasteiger partial charge is 0.383 e. The molecule has 1 rings (SSSR count). The van der Waals surface area contributed by atoms with Crippen LogP contribution in [0.5, 0.6) is 0 Å². The van der Waals surface area contributed by atoms with Crippen LogP contribution in [0.3, 0.4) is 0 Å². The fourth-order valence-corrected chi connectivity index (χ4v) is 2.34. The lowest BCUT2D eigenvalue weighted by Gasteiger charge is -2.03. The quantitative estimate of drug-likeness (QED) is 0.820. The summed E-state index contributed by atoms with van der Waals surface area (Å²) < 4.78 is 24.3. The minimum atomic E-state index is -3.06. The maximum Gasteiger partial charge on any atom is 0.151 e. The number of rotatable bonds is 6. The second-order valence-electron chi connectivity index (χ2n) is 4.03. The number of hydrogen-bond acceptors (Lipinski definition) is 5. The Hall–Kier alpha value is -1.55. The molecule has 0 fully saturated rings. The number of nitrogens with zero attached hydrogens (tertiary/aromatic N) is 3. The number of hydrogen-bond donors (Lipinski definition) is 1. The summed E-state index contributed by atoms with van der Waals surface area (Å²) in [6, 6.07) is 2.02. The second-order valence-corrected chi connectivity index (χ2v) is 6.50. The van der Waals surface area contributed by atoms with Crippen molar-refractivity contribution in [1.29, 1.82) is 5.26 Å². The van der Waals surface area contributed by atoms with Gasteiger partial charge in [0.2, 0.25) is 0 Å². The van der Waals surface area contributed by atoms with E-state index in [1.54, 1.807) is 6.92 Å². The lowest BCUT2D eigenvalue weighted by Crippen LogP contribution is -2.16. The van der Waals surface area contributed by atoms with Gasteiger partial charge in [0.1, 0.15) is 17.5 Å². The molecule has 0 aromatic carbocycles. The predicted molar refractivity (Wildman–Crippen MR) is 69.7 cm³/mol. The van der Waals surface area contributed by atoms with E-state index in [1.807, 2.05) is 13.0 Å². The van der Waals surface area contributed by atoms with Crippen LogP contribution in [0.4, 0.5) is 5.82 Å². The summed E-state index contributed by atoms with van der Waals surface area (Å²) in [6.07, 6.45) is 1.53. The molecule has 0 unspecified atom stereocenters. The lowest BCUT2D eigenvalue weighted by molar-refractivity contribution is 0.581.